The number of aromatic nitrogens is 2. The van der Waals surface area contributed by atoms with Gasteiger partial charge >= 0.3 is 0 Å². The molecule has 2 aromatic heterocycles. The van der Waals surface area contributed by atoms with Gasteiger partial charge in [0.05, 0.1) is 26.4 Å². The molecule has 1 unspecified atom stereocenters. The van der Waals surface area contributed by atoms with E-state index in [0.29, 0.717) is 32.6 Å². The fourth-order valence-electron chi connectivity index (χ4n) is 2.78. The van der Waals surface area contributed by atoms with Gasteiger partial charge in [0, 0.05) is 16.4 Å². The van der Waals surface area contributed by atoms with E-state index in [-0.39, 0.29) is 21.5 Å². The fourth-order valence-corrected chi connectivity index (χ4v) is 5.73. The van der Waals surface area contributed by atoms with Crippen molar-refractivity contribution in [2.24, 2.45) is 0 Å². The lowest BCUT2D eigenvalue weighted by Crippen LogP contribution is -2.26. The number of nitrogens with zero attached hydrogens (tertiary/aromatic N) is 2. The maximum Gasteiger partial charge on any atom is 0.263 e. The predicted molar refractivity (Wildman–Crippen MR) is 124 cm³/mol. The number of carbonyl (C=O) groups is 1. The third-order valence-corrected chi connectivity index (χ3v) is 7.48. The topological polar surface area (TPSA) is 64.0 Å². The van der Waals surface area contributed by atoms with Crippen molar-refractivity contribution < 1.29 is 4.79 Å². The van der Waals surface area contributed by atoms with Gasteiger partial charge in [-0.3, -0.25) is 14.2 Å². The fraction of sp³-hybridized carbons (Fsp3) is 0.316. The zero-order chi connectivity index (χ0) is 21.5. The van der Waals surface area contributed by atoms with Gasteiger partial charge in [0.1, 0.15) is 4.83 Å². The Balaban J connectivity index is 1.90. The number of rotatable bonds is 5. The third kappa shape index (κ3) is 4.44. The van der Waals surface area contributed by atoms with Gasteiger partial charge in [-0.1, -0.05) is 46.6 Å². The molecule has 1 N–H and O–H groups in total. The lowest BCUT2D eigenvalue weighted by Gasteiger charge is -2.16. The number of hydrogen-bond donors (Lipinski definition) is 1. The second-order valence-electron chi connectivity index (χ2n) is 6.40. The number of anilines is 1. The van der Waals surface area contributed by atoms with Gasteiger partial charge in [0.25, 0.3) is 5.56 Å². The first-order valence-electron chi connectivity index (χ1n) is 8.76. The monoisotopic (exact) mass is 489 g/mol. The smallest absolute Gasteiger partial charge is 0.263 e. The molecule has 0 aliphatic rings. The number of nitrogens with one attached hydrogen (secondary N) is 1. The average molecular weight is 491 g/mol. The molecular weight excluding hydrogens is 473 g/mol. The first kappa shape index (κ1) is 22.4. The van der Waals surface area contributed by atoms with E-state index < -0.39 is 5.25 Å². The Labute approximate surface area is 191 Å². The predicted octanol–water partition coefficient (Wildman–Crippen LogP) is 6.17. The highest BCUT2D eigenvalue weighted by molar-refractivity contribution is 8.00. The second-order valence-corrected chi connectivity index (χ2v) is 10.2. The molecule has 1 amide bonds. The lowest BCUT2D eigenvalue weighted by molar-refractivity contribution is -0.115. The van der Waals surface area contributed by atoms with Crippen LogP contribution in [-0.4, -0.2) is 20.7 Å². The molecule has 1 aromatic carbocycles. The van der Waals surface area contributed by atoms with Crippen molar-refractivity contribution in [2.75, 3.05) is 5.32 Å². The summed E-state index contributed by atoms with van der Waals surface area (Å²) in [6, 6.07) is 3.02. The van der Waals surface area contributed by atoms with Crippen molar-refractivity contribution in [1.29, 1.82) is 0 Å². The molecule has 5 nitrogen and oxygen atoms in total. The van der Waals surface area contributed by atoms with Crippen molar-refractivity contribution in [3.63, 3.8) is 0 Å². The largest absolute Gasteiger partial charge is 0.323 e. The Morgan fingerprint density at radius 3 is 2.48 bits per heavy atom. The number of amides is 1. The molecule has 0 saturated heterocycles. The van der Waals surface area contributed by atoms with E-state index in [1.54, 1.807) is 11.5 Å². The van der Waals surface area contributed by atoms with Crippen LogP contribution in [0.25, 0.3) is 10.2 Å². The van der Waals surface area contributed by atoms with Gasteiger partial charge in [-0.2, -0.15) is 0 Å². The summed E-state index contributed by atoms with van der Waals surface area (Å²) >= 11 is 20.9. The number of hydrogen-bond acceptors (Lipinski definition) is 5. The van der Waals surface area contributed by atoms with E-state index in [0.717, 1.165) is 10.4 Å². The van der Waals surface area contributed by atoms with Gasteiger partial charge in [-0.05, 0) is 45.4 Å². The second kappa shape index (κ2) is 8.86. The molecule has 0 fully saturated rings. The number of aryl methyl sites for hydroxylation is 2. The molecule has 0 saturated carbocycles. The van der Waals surface area contributed by atoms with Crippen molar-refractivity contribution in [2.45, 2.75) is 44.6 Å². The van der Waals surface area contributed by atoms with Crippen LogP contribution in [0.4, 0.5) is 5.69 Å². The van der Waals surface area contributed by atoms with Crippen LogP contribution in [0.1, 0.15) is 24.3 Å². The Hall–Kier alpha value is -1.25. The molecule has 154 valence electrons. The molecular formula is C19H18Cl3N3O2S2. The van der Waals surface area contributed by atoms with Crippen LogP contribution in [0.5, 0.6) is 0 Å². The molecule has 3 aromatic rings. The highest BCUT2D eigenvalue weighted by atomic mass is 35.5. The Kier molecular flexibility index (Phi) is 6.85. The van der Waals surface area contributed by atoms with Crippen LogP contribution in [0.15, 0.2) is 22.1 Å². The van der Waals surface area contributed by atoms with Gasteiger partial charge in [0.15, 0.2) is 5.16 Å². The first-order valence-corrected chi connectivity index (χ1v) is 11.6. The number of carbonyl (C=O) groups excluding carboxylic acids is 1. The van der Waals surface area contributed by atoms with Gasteiger partial charge < -0.3 is 5.32 Å². The first-order chi connectivity index (χ1) is 13.6. The minimum atomic E-state index is -0.540. The number of thiophene rings is 1. The Bertz CT molecular complexity index is 1150. The number of benzene rings is 1. The third-order valence-electron chi connectivity index (χ3n) is 4.48. The van der Waals surface area contributed by atoms with Crippen molar-refractivity contribution in [3.05, 3.63) is 48.0 Å². The standard InChI is InChI=1S/C19H18Cl3N3O2S2/c1-5-25-18(27)14-8(2)9(3)28-17(14)24-19(25)29-10(4)16(26)23-15-12(21)6-11(20)7-13(15)22/h6-7,10H,5H2,1-4H3,(H,23,26). The summed E-state index contributed by atoms with van der Waals surface area (Å²) < 4.78 is 1.60. The molecule has 0 aliphatic carbocycles. The normalized spacial score (nSPS) is 12.4. The molecule has 0 spiro atoms. The summed E-state index contributed by atoms with van der Waals surface area (Å²) in [6.45, 7) is 7.98. The highest BCUT2D eigenvalue weighted by Gasteiger charge is 2.22. The maximum atomic E-state index is 12.9. The Morgan fingerprint density at radius 1 is 1.28 bits per heavy atom. The van der Waals surface area contributed by atoms with Crippen LogP contribution < -0.4 is 10.9 Å². The molecule has 29 heavy (non-hydrogen) atoms. The van der Waals surface area contributed by atoms with Crippen LogP contribution in [-0.2, 0) is 11.3 Å². The zero-order valence-corrected chi connectivity index (χ0v) is 20.0. The van der Waals surface area contributed by atoms with Crippen LogP contribution in [0.3, 0.4) is 0 Å². The van der Waals surface area contributed by atoms with Crippen molar-refractivity contribution >= 4 is 79.7 Å². The van der Waals surface area contributed by atoms with Crippen LogP contribution in [0, 0.1) is 13.8 Å². The molecule has 10 heteroatoms. The summed E-state index contributed by atoms with van der Waals surface area (Å²) in [5.41, 5.74) is 1.17. The van der Waals surface area contributed by atoms with E-state index in [4.69, 9.17) is 34.8 Å². The summed E-state index contributed by atoms with van der Waals surface area (Å²) in [5.74, 6) is -0.309. The lowest BCUT2D eigenvalue weighted by atomic mass is 10.2. The summed E-state index contributed by atoms with van der Waals surface area (Å²) in [5, 5.41) is 4.23. The van der Waals surface area contributed by atoms with Crippen LogP contribution in [0.2, 0.25) is 15.1 Å². The Morgan fingerprint density at radius 2 is 1.90 bits per heavy atom. The van der Waals surface area contributed by atoms with Gasteiger partial charge in [-0.15, -0.1) is 11.3 Å². The summed E-state index contributed by atoms with van der Waals surface area (Å²) in [6.07, 6.45) is 0. The van der Waals surface area contributed by atoms with Crippen molar-refractivity contribution in [1.82, 2.24) is 9.55 Å². The zero-order valence-electron chi connectivity index (χ0n) is 16.1. The highest BCUT2D eigenvalue weighted by Crippen LogP contribution is 2.35. The summed E-state index contributed by atoms with van der Waals surface area (Å²) in [4.78, 5) is 32.1. The van der Waals surface area contributed by atoms with Crippen molar-refractivity contribution in [3.8, 4) is 0 Å². The molecule has 3 rings (SSSR count). The molecule has 1 atom stereocenters. The van der Waals surface area contributed by atoms with E-state index in [1.807, 2.05) is 20.8 Å². The number of halogens is 3. The van der Waals surface area contributed by atoms with E-state index >= 15 is 0 Å². The van der Waals surface area contributed by atoms with Gasteiger partial charge in [-0.25, -0.2) is 4.98 Å². The van der Waals surface area contributed by atoms with Gasteiger partial charge in [0.2, 0.25) is 5.91 Å². The minimum Gasteiger partial charge on any atom is -0.323 e. The molecule has 0 aliphatic heterocycles. The van der Waals surface area contributed by atoms with E-state index in [2.05, 4.69) is 10.3 Å². The molecule has 0 bridgehead atoms. The van der Waals surface area contributed by atoms with Crippen LogP contribution >= 0.6 is 57.9 Å². The minimum absolute atomic E-state index is 0.0850. The molecule has 0 radical (unpaired) electrons. The maximum absolute atomic E-state index is 12.9. The number of thioether (sulfide) groups is 1. The van der Waals surface area contributed by atoms with E-state index in [1.165, 1.54) is 35.2 Å². The number of fused-ring (bicyclic) bond motifs is 1. The summed E-state index contributed by atoms with van der Waals surface area (Å²) in [7, 11) is 0. The SMILES string of the molecule is CCn1c(SC(C)C(=O)Nc2c(Cl)cc(Cl)cc2Cl)nc2sc(C)c(C)c2c1=O. The average Bonchev–Trinajstić information content (AvgIpc) is 2.92. The molecule has 2 heterocycles. The van der Waals surface area contributed by atoms with E-state index in [9.17, 15) is 9.59 Å². The quantitative estimate of drug-likeness (QED) is 0.343.